The van der Waals surface area contributed by atoms with Crippen LogP contribution in [0.25, 0.3) is 0 Å². The van der Waals surface area contributed by atoms with E-state index in [1.165, 1.54) is 11.1 Å². The fraction of sp³-hybridized carbons (Fsp3) is 0.500. The Morgan fingerprint density at radius 2 is 2.05 bits per heavy atom. The number of rotatable bonds is 3. The lowest BCUT2D eigenvalue weighted by Gasteiger charge is -2.19. The quantitative estimate of drug-likeness (QED) is 0.905. The molecule has 1 N–H and O–H groups in total. The van der Waals surface area contributed by atoms with E-state index >= 15 is 0 Å². The molecule has 5 heteroatoms. The number of piperidine rings is 1. The maximum Gasteiger partial charge on any atom is 0.177 e. The molecule has 2 heterocycles. The topological polar surface area (TPSA) is 55.6 Å². The molecule has 100 valence electrons. The van der Waals surface area contributed by atoms with Crippen LogP contribution in [0.5, 0.6) is 0 Å². The van der Waals surface area contributed by atoms with Crippen LogP contribution in [0.4, 0.5) is 0 Å². The van der Waals surface area contributed by atoms with Crippen molar-refractivity contribution in [2.45, 2.75) is 32.2 Å². The van der Waals surface area contributed by atoms with E-state index in [-0.39, 0.29) is 0 Å². The maximum absolute atomic E-state index is 4.54. The summed E-state index contributed by atoms with van der Waals surface area (Å²) in [6.45, 7) is 4.92. The number of nitrogens with one attached hydrogen (secondary N) is 1. The first-order valence-electron chi connectivity index (χ1n) is 6.86. The molecule has 1 aliphatic rings. The van der Waals surface area contributed by atoms with Crippen LogP contribution in [0.15, 0.2) is 24.3 Å². The Morgan fingerprint density at radius 1 is 1.26 bits per heavy atom. The first-order chi connectivity index (χ1) is 9.33. The molecule has 5 nitrogen and oxygen atoms in total. The van der Waals surface area contributed by atoms with Gasteiger partial charge in [0.15, 0.2) is 5.82 Å². The number of hydrogen-bond donors (Lipinski definition) is 1. The molecule has 2 aromatic rings. The Hall–Kier alpha value is -1.75. The molecule has 3 rings (SSSR count). The van der Waals surface area contributed by atoms with Crippen molar-refractivity contribution in [3.8, 4) is 0 Å². The maximum atomic E-state index is 4.54. The molecule has 0 atom stereocenters. The monoisotopic (exact) mass is 257 g/mol. The summed E-state index contributed by atoms with van der Waals surface area (Å²) in [6.07, 6.45) is 2.21. The van der Waals surface area contributed by atoms with Crippen LogP contribution in [-0.2, 0) is 6.54 Å². The van der Waals surface area contributed by atoms with Crippen molar-refractivity contribution >= 4 is 0 Å². The third-order valence-corrected chi connectivity index (χ3v) is 3.75. The number of aromatic nitrogens is 4. The van der Waals surface area contributed by atoms with E-state index in [0.29, 0.717) is 12.5 Å². The van der Waals surface area contributed by atoms with Crippen molar-refractivity contribution in [2.24, 2.45) is 0 Å². The molecule has 0 amide bonds. The summed E-state index contributed by atoms with van der Waals surface area (Å²) in [6, 6.07) is 8.32. The number of hydrogen-bond acceptors (Lipinski definition) is 4. The second kappa shape index (κ2) is 5.48. The highest BCUT2D eigenvalue weighted by Crippen LogP contribution is 2.21. The SMILES string of the molecule is Cc1ccccc1Cn1nnc(C2CCNCC2)n1. The average molecular weight is 257 g/mol. The van der Waals surface area contributed by atoms with Gasteiger partial charge in [-0.1, -0.05) is 24.3 Å². The first-order valence-corrected chi connectivity index (χ1v) is 6.86. The lowest BCUT2D eigenvalue weighted by molar-refractivity contribution is 0.442. The predicted octanol–water partition coefficient (Wildman–Crippen LogP) is 1.50. The normalized spacial score (nSPS) is 16.7. The van der Waals surface area contributed by atoms with Gasteiger partial charge in [0.05, 0.1) is 6.54 Å². The summed E-state index contributed by atoms with van der Waals surface area (Å²) in [5.74, 6) is 1.36. The summed E-state index contributed by atoms with van der Waals surface area (Å²) in [4.78, 5) is 1.71. The highest BCUT2D eigenvalue weighted by atomic mass is 15.6. The summed E-state index contributed by atoms with van der Waals surface area (Å²) >= 11 is 0. The van der Waals surface area contributed by atoms with Crippen LogP contribution in [0, 0.1) is 6.92 Å². The van der Waals surface area contributed by atoms with Crippen LogP contribution in [-0.4, -0.2) is 33.3 Å². The lowest BCUT2D eigenvalue weighted by atomic mass is 9.98. The van der Waals surface area contributed by atoms with E-state index in [0.717, 1.165) is 31.8 Å². The fourth-order valence-electron chi connectivity index (χ4n) is 2.51. The number of nitrogens with zero attached hydrogens (tertiary/aromatic N) is 4. The molecule has 0 bridgehead atoms. The number of benzene rings is 1. The van der Waals surface area contributed by atoms with Gasteiger partial charge < -0.3 is 5.32 Å². The van der Waals surface area contributed by atoms with E-state index in [1.807, 2.05) is 12.1 Å². The minimum absolute atomic E-state index is 0.465. The van der Waals surface area contributed by atoms with Crippen molar-refractivity contribution in [1.82, 2.24) is 25.5 Å². The number of tetrazole rings is 1. The molecule has 0 saturated carbocycles. The molecular formula is C14H19N5. The molecule has 0 spiro atoms. The minimum atomic E-state index is 0.465. The summed E-state index contributed by atoms with van der Waals surface area (Å²) in [5, 5.41) is 16.3. The molecule has 1 aromatic heterocycles. The van der Waals surface area contributed by atoms with Gasteiger partial charge in [-0.05, 0) is 49.2 Å². The van der Waals surface area contributed by atoms with Crippen molar-refractivity contribution in [3.63, 3.8) is 0 Å². The molecule has 19 heavy (non-hydrogen) atoms. The van der Waals surface area contributed by atoms with Crippen molar-refractivity contribution in [3.05, 3.63) is 41.2 Å². The van der Waals surface area contributed by atoms with Gasteiger partial charge in [0.1, 0.15) is 0 Å². The van der Waals surface area contributed by atoms with Gasteiger partial charge in [-0.2, -0.15) is 4.80 Å². The van der Waals surface area contributed by atoms with Crippen molar-refractivity contribution in [1.29, 1.82) is 0 Å². The molecule has 0 aliphatic carbocycles. The van der Waals surface area contributed by atoms with Gasteiger partial charge in [-0.3, -0.25) is 0 Å². The minimum Gasteiger partial charge on any atom is -0.317 e. The third kappa shape index (κ3) is 2.81. The van der Waals surface area contributed by atoms with E-state index in [9.17, 15) is 0 Å². The smallest absolute Gasteiger partial charge is 0.177 e. The molecule has 0 unspecified atom stereocenters. The second-order valence-corrected chi connectivity index (χ2v) is 5.13. The van der Waals surface area contributed by atoms with Crippen molar-refractivity contribution in [2.75, 3.05) is 13.1 Å². The Labute approximate surface area is 113 Å². The zero-order valence-electron chi connectivity index (χ0n) is 11.2. The molecule has 1 saturated heterocycles. The van der Waals surface area contributed by atoms with Gasteiger partial charge in [0.25, 0.3) is 0 Å². The molecule has 1 aromatic carbocycles. The van der Waals surface area contributed by atoms with E-state index < -0.39 is 0 Å². The summed E-state index contributed by atoms with van der Waals surface area (Å²) < 4.78 is 0. The van der Waals surface area contributed by atoms with Crippen LogP contribution in [0.3, 0.4) is 0 Å². The van der Waals surface area contributed by atoms with Gasteiger partial charge in [0.2, 0.25) is 0 Å². The van der Waals surface area contributed by atoms with Gasteiger partial charge in [-0.25, -0.2) is 0 Å². The molecule has 0 radical (unpaired) electrons. The molecule has 1 aliphatic heterocycles. The zero-order chi connectivity index (χ0) is 13.1. The average Bonchev–Trinajstić information content (AvgIpc) is 2.91. The molecular weight excluding hydrogens is 238 g/mol. The highest BCUT2D eigenvalue weighted by molar-refractivity contribution is 5.25. The Morgan fingerprint density at radius 3 is 2.84 bits per heavy atom. The Bertz CT molecular complexity index is 542. The van der Waals surface area contributed by atoms with Gasteiger partial charge in [0, 0.05) is 5.92 Å². The van der Waals surface area contributed by atoms with Crippen LogP contribution in [0.1, 0.15) is 35.7 Å². The van der Waals surface area contributed by atoms with E-state index in [4.69, 9.17) is 0 Å². The lowest BCUT2D eigenvalue weighted by Crippen LogP contribution is -2.27. The largest absolute Gasteiger partial charge is 0.317 e. The van der Waals surface area contributed by atoms with Crippen LogP contribution in [0.2, 0.25) is 0 Å². The van der Waals surface area contributed by atoms with Gasteiger partial charge >= 0.3 is 0 Å². The van der Waals surface area contributed by atoms with E-state index in [1.54, 1.807) is 4.80 Å². The standard InChI is InChI=1S/C14H19N5/c1-11-4-2-3-5-13(11)10-19-17-14(16-18-19)12-6-8-15-9-7-12/h2-5,12,15H,6-10H2,1H3. The summed E-state index contributed by atoms with van der Waals surface area (Å²) in [5.41, 5.74) is 2.51. The van der Waals surface area contributed by atoms with Crippen LogP contribution < -0.4 is 5.32 Å². The fourth-order valence-corrected chi connectivity index (χ4v) is 2.51. The number of aryl methyl sites for hydroxylation is 1. The zero-order valence-corrected chi connectivity index (χ0v) is 11.2. The predicted molar refractivity (Wildman–Crippen MR) is 72.9 cm³/mol. The van der Waals surface area contributed by atoms with Crippen LogP contribution >= 0.6 is 0 Å². The Balaban J connectivity index is 1.73. The summed E-state index contributed by atoms with van der Waals surface area (Å²) in [7, 11) is 0. The highest BCUT2D eigenvalue weighted by Gasteiger charge is 2.19. The molecule has 1 fully saturated rings. The third-order valence-electron chi connectivity index (χ3n) is 3.75. The van der Waals surface area contributed by atoms with Crippen molar-refractivity contribution < 1.29 is 0 Å². The second-order valence-electron chi connectivity index (χ2n) is 5.13. The van der Waals surface area contributed by atoms with E-state index in [2.05, 4.69) is 39.8 Å². The Kier molecular flexibility index (Phi) is 3.55. The first kappa shape index (κ1) is 12.3. The van der Waals surface area contributed by atoms with Gasteiger partial charge in [-0.15, -0.1) is 10.2 Å².